The summed E-state index contributed by atoms with van der Waals surface area (Å²) in [6, 6.07) is 31.6. The van der Waals surface area contributed by atoms with Crippen LogP contribution in [-0.4, -0.2) is 25.8 Å². The average Bonchev–Trinajstić information content (AvgIpc) is 2.92. The number of Topliss-reactive ketones (excluding diaryl/α,β-unsaturated/α-hetero) is 2. The standard InChI is InChI=1S/C19H16O2.C13H12O2.2CH4/c1-13(20)14-3-5-15(6-4-14)16-7-8-18-12-19(21-2)10-9-17(18)11-16;1-9(14)10-3-4-12-8-13(15-2)6-5-11(12)7-10;;/h3-12H,1-2H3;3-8H,1-2H3;2*1H4. The Morgan fingerprint density at radius 2 is 0.868 bits per heavy atom. The molecule has 0 aromatic heterocycles. The number of ketones is 2. The zero-order chi connectivity index (χ0) is 25.7. The highest BCUT2D eigenvalue weighted by Crippen LogP contribution is 2.27. The van der Waals surface area contributed by atoms with Crippen LogP contribution in [0.1, 0.15) is 49.4 Å². The third kappa shape index (κ3) is 6.86. The van der Waals surface area contributed by atoms with Crippen LogP contribution in [0.15, 0.2) is 97.1 Å². The van der Waals surface area contributed by atoms with Crippen molar-refractivity contribution in [2.45, 2.75) is 28.7 Å². The molecule has 0 unspecified atom stereocenters. The normalized spacial score (nSPS) is 9.89. The molecule has 0 spiro atoms. The molecule has 196 valence electrons. The lowest BCUT2D eigenvalue weighted by molar-refractivity contribution is 0.100. The van der Waals surface area contributed by atoms with Gasteiger partial charge in [-0.15, -0.1) is 0 Å². The van der Waals surface area contributed by atoms with Gasteiger partial charge in [-0.25, -0.2) is 0 Å². The first-order valence-corrected chi connectivity index (χ1v) is 11.7. The van der Waals surface area contributed by atoms with Gasteiger partial charge in [0.2, 0.25) is 0 Å². The molecular formula is C34H36O4. The summed E-state index contributed by atoms with van der Waals surface area (Å²) in [7, 11) is 3.32. The van der Waals surface area contributed by atoms with Crippen LogP contribution >= 0.6 is 0 Å². The van der Waals surface area contributed by atoms with Crippen LogP contribution < -0.4 is 9.47 Å². The maximum atomic E-state index is 11.3. The summed E-state index contributed by atoms with van der Waals surface area (Å²) >= 11 is 0. The van der Waals surface area contributed by atoms with Gasteiger partial charge < -0.3 is 9.47 Å². The van der Waals surface area contributed by atoms with Gasteiger partial charge in [0.15, 0.2) is 11.6 Å². The van der Waals surface area contributed by atoms with E-state index in [0.29, 0.717) is 0 Å². The van der Waals surface area contributed by atoms with Crippen molar-refractivity contribution in [2.24, 2.45) is 0 Å². The first-order valence-electron chi connectivity index (χ1n) is 11.7. The van der Waals surface area contributed by atoms with Crippen LogP contribution in [0, 0.1) is 0 Å². The van der Waals surface area contributed by atoms with E-state index in [1.165, 1.54) is 5.39 Å². The minimum absolute atomic E-state index is 0. The molecule has 5 aromatic rings. The third-order valence-electron chi connectivity index (χ3n) is 6.13. The number of hydrogen-bond acceptors (Lipinski definition) is 4. The monoisotopic (exact) mass is 508 g/mol. The molecule has 0 saturated heterocycles. The second-order valence-electron chi connectivity index (χ2n) is 8.55. The Labute approximate surface area is 225 Å². The van der Waals surface area contributed by atoms with E-state index in [1.54, 1.807) is 28.1 Å². The number of fused-ring (bicyclic) bond motifs is 2. The molecule has 0 fully saturated rings. The van der Waals surface area contributed by atoms with Crippen LogP contribution in [0.4, 0.5) is 0 Å². The number of hydrogen-bond donors (Lipinski definition) is 0. The molecule has 5 rings (SSSR count). The third-order valence-corrected chi connectivity index (χ3v) is 6.13. The Kier molecular flexibility index (Phi) is 10.4. The Morgan fingerprint density at radius 3 is 1.37 bits per heavy atom. The number of carbonyl (C=O) groups excluding carboxylic acids is 2. The fourth-order valence-electron chi connectivity index (χ4n) is 4.00. The SMILES string of the molecule is C.C.COc1ccc2cc(-c3ccc(C(C)=O)cc3)ccc2c1.COc1ccc2cc(C(C)=O)ccc2c1. The number of ether oxygens (including phenoxy) is 2. The molecule has 0 saturated carbocycles. The summed E-state index contributed by atoms with van der Waals surface area (Å²) in [5, 5.41) is 4.46. The molecule has 0 atom stereocenters. The van der Waals surface area contributed by atoms with Gasteiger partial charge in [-0.3, -0.25) is 9.59 Å². The minimum Gasteiger partial charge on any atom is -0.497 e. The van der Waals surface area contributed by atoms with E-state index < -0.39 is 0 Å². The van der Waals surface area contributed by atoms with Crippen molar-refractivity contribution in [2.75, 3.05) is 14.2 Å². The van der Waals surface area contributed by atoms with Crippen LogP contribution in [0.5, 0.6) is 11.5 Å². The predicted octanol–water partition coefficient (Wildman–Crippen LogP) is 9.04. The van der Waals surface area contributed by atoms with Gasteiger partial charge in [0.1, 0.15) is 11.5 Å². The molecule has 0 bridgehead atoms. The van der Waals surface area contributed by atoms with Gasteiger partial charge in [0.05, 0.1) is 14.2 Å². The lowest BCUT2D eigenvalue weighted by Gasteiger charge is -2.06. The molecule has 4 heteroatoms. The highest BCUT2D eigenvalue weighted by molar-refractivity contribution is 5.98. The molecule has 5 aromatic carbocycles. The van der Waals surface area contributed by atoms with Crippen molar-refractivity contribution in [1.82, 2.24) is 0 Å². The van der Waals surface area contributed by atoms with E-state index in [4.69, 9.17) is 9.47 Å². The molecule has 38 heavy (non-hydrogen) atoms. The molecule has 0 amide bonds. The second kappa shape index (κ2) is 13.2. The summed E-state index contributed by atoms with van der Waals surface area (Å²) in [6.07, 6.45) is 0. The van der Waals surface area contributed by atoms with Crippen LogP contribution in [-0.2, 0) is 0 Å². The van der Waals surface area contributed by atoms with Crippen molar-refractivity contribution >= 4 is 33.1 Å². The molecular weight excluding hydrogens is 472 g/mol. The number of benzene rings is 5. The molecule has 0 aliphatic rings. The highest BCUT2D eigenvalue weighted by atomic mass is 16.5. The van der Waals surface area contributed by atoms with Gasteiger partial charge in [-0.1, -0.05) is 75.5 Å². The molecule has 0 radical (unpaired) electrons. The summed E-state index contributed by atoms with van der Waals surface area (Å²) in [4.78, 5) is 22.5. The van der Waals surface area contributed by atoms with Crippen molar-refractivity contribution in [3.63, 3.8) is 0 Å². The fourth-order valence-corrected chi connectivity index (χ4v) is 4.00. The van der Waals surface area contributed by atoms with Crippen LogP contribution in [0.25, 0.3) is 32.7 Å². The van der Waals surface area contributed by atoms with Crippen LogP contribution in [0.2, 0.25) is 0 Å². The highest BCUT2D eigenvalue weighted by Gasteiger charge is 2.04. The van der Waals surface area contributed by atoms with Crippen molar-refractivity contribution in [1.29, 1.82) is 0 Å². The average molecular weight is 509 g/mol. The smallest absolute Gasteiger partial charge is 0.159 e. The topological polar surface area (TPSA) is 52.6 Å². The quantitative estimate of drug-likeness (QED) is 0.222. The largest absolute Gasteiger partial charge is 0.497 e. The molecule has 0 aliphatic carbocycles. The Hall–Kier alpha value is -4.44. The number of carbonyl (C=O) groups is 2. The van der Waals surface area contributed by atoms with E-state index >= 15 is 0 Å². The first kappa shape index (κ1) is 29.8. The van der Waals surface area contributed by atoms with E-state index in [0.717, 1.165) is 49.9 Å². The predicted molar refractivity (Wildman–Crippen MR) is 160 cm³/mol. The number of methoxy groups -OCH3 is 2. The fraction of sp³-hybridized carbons (Fsp3) is 0.176. The maximum absolute atomic E-state index is 11.3. The summed E-state index contributed by atoms with van der Waals surface area (Å²) in [5.74, 6) is 1.87. The zero-order valence-electron chi connectivity index (χ0n) is 20.9. The summed E-state index contributed by atoms with van der Waals surface area (Å²) in [6.45, 7) is 3.16. The van der Waals surface area contributed by atoms with E-state index in [2.05, 4.69) is 24.3 Å². The molecule has 0 heterocycles. The van der Waals surface area contributed by atoms with Crippen molar-refractivity contribution in [3.8, 4) is 22.6 Å². The van der Waals surface area contributed by atoms with Crippen molar-refractivity contribution < 1.29 is 19.1 Å². The van der Waals surface area contributed by atoms with E-state index in [9.17, 15) is 9.59 Å². The Morgan fingerprint density at radius 1 is 0.474 bits per heavy atom. The lowest BCUT2D eigenvalue weighted by Crippen LogP contribution is -1.91. The Balaban J connectivity index is 0.000000266. The first-order chi connectivity index (χ1) is 17.4. The Bertz CT molecular complexity index is 1550. The van der Waals surface area contributed by atoms with E-state index in [-0.39, 0.29) is 26.4 Å². The molecule has 0 aliphatic heterocycles. The molecule has 0 N–H and O–H groups in total. The van der Waals surface area contributed by atoms with Crippen LogP contribution in [0.3, 0.4) is 0 Å². The maximum Gasteiger partial charge on any atom is 0.159 e. The van der Waals surface area contributed by atoms with Crippen molar-refractivity contribution in [3.05, 3.63) is 108 Å². The van der Waals surface area contributed by atoms with Gasteiger partial charge >= 0.3 is 0 Å². The van der Waals surface area contributed by atoms with Gasteiger partial charge in [0.25, 0.3) is 0 Å². The second-order valence-corrected chi connectivity index (χ2v) is 8.55. The van der Waals surface area contributed by atoms with Gasteiger partial charge in [-0.2, -0.15) is 0 Å². The van der Waals surface area contributed by atoms with E-state index in [1.807, 2.05) is 72.8 Å². The lowest BCUT2D eigenvalue weighted by atomic mass is 9.99. The molecule has 4 nitrogen and oxygen atoms in total. The minimum atomic E-state index is 0. The van der Waals surface area contributed by atoms with Gasteiger partial charge in [0, 0.05) is 11.1 Å². The summed E-state index contributed by atoms with van der Waals surface area (Å²) < 4.78 is 10.4. The van der Waals surface area contributed by atoms with Gasteiger partial charge in [-0.05, 0) is 82.9 Å². The zero-order valence-corrected chi connectivity index (χ0v) is 20.9. The summed E-state index contributed by atoms with van der Waals surface area (Å²) in [5.41, 5.74) is 3.73. The number of rotatable bonds is 5.